The highest BCUT2D eigenvalue weighted by atomic mass is 16.3. The van der Waals surface area contributed by atoms with Crippen molar-refractivity contribution in [2.75, 3.05) is 20.1 Å². The van der Waals surface area contributed by atoms with Crippen LogP contribution in [0.5, 0.6) is 0 Å². The number of nitrogens with two attached hydrogens (primary N) is 1. The van der Waals surface area contributed by atoms with Gasteiger partial charge in [-0.25, -0.2) is 0 Å². The summed E-state index contributed by atoms with van der Waals surface area (Å²) in [6.07, 6.45) is 7.63. The van der Waals surface area contributed by atoms with Gasteiger partial charge in [0.15, 0.2) is 0 Å². The molecule has 2 rings (SSSR count). The third kappa shape index (κ3) is 3.01. The van der Waals surface area contributed by atoms with E-state index in [0.717, 1.165) is 25.3 Å². The first-order chi connectivity index (χ1) is 8.07. The average Bonchev–Trinajstić information content (AvgIpc) is 3.13. The molecule has 0 aromatic rings. The summed E-state index contributed by atoms with van der Waals surface area (Å²) in [4.78, 5) is 2.37. The second kappa shape index (κ2) is 5.25. The Morgan fingerprint density at radius 3 is 2.41 bits per heavy atom. The van der Waals surface area contributed by atoms with Crippen LogP contribution in [-0.4, -0.2) is 41.8 Å². The van der Waals surface area contributed by atoms with E-state index < -0.39 is 5.60 Å². The Bertz CT molecular complexity index is 255. The molecule has 0 bridgehead atoms. The quantitative estimate of drug-likeness (QED) is 0.767. The van der Waals surface area contributed by atoms with Gasteiger partial charge in [-0.2, -0.15) is 0 Å². The standard InChI is InChI=1S/C14H28N2O/c1-11-5-3-4-6-13(11)16(2)10-14(17,9-15)12-7-8-12/h11-13,17H,3-10,15H2,1-2H3. The molecule has 0 aromatic carbocycles. The highest BCUT2D eigenvalue weighted by Crippen LogP contribution is 2.40. The van der Waals surface area contributed by atoms with Gasteiger partial charge in [0.25, 0.3) is 0 Å². The molecule has 3 heteroatoms. The van der Waals surface area contributed by atoms with E-state index >= 15 is 0 Å². The molecule has 0 heterocycles. The lowest BCUT2D eigenvalue weighted by Gasteiger charge is -2.40. The zero-order chi connectivity index (χ0) is 12.5. The Morgan fingerprint density at radius 2 is 1.88 bits per heavy atom. The van der Waals surface area contributed by atoms with Gasteiger partial charge < -0.3 is 15.7 Å². The van der Waals surface area contributed by atoms with Gasteiger partial charge in [0.1, 0.15) is 0 Å². The van der Waals surface area contributed by atoms with Crippen molar-refractivity contribution in [2.24, 2.45) is 17.6 Å². The molecule has 0 aliphatic heterocycles. The lowest BCUT2D eigenvalue weighted by molar-refractivity contribution is -0.0221. The van der Waals surface area contributed by atoms with Crippen molar-refractivity contribution in [3.05, 3.63) is 0 Å². The molecule has 3 atom stereocenters. The van der Waals surface area contributed by atoms with Crippen LogP contribution >= 0.6 is 0 Å². The first-order valence-corrected chi connectivity index (χ1v) is 7.19. The normalized spacial score (nSPS) is 33.7. The van der Waals surface area contributed by atoms with Crippen molar-refractivity contribution < 1.29 is 5.11 Å². The molecule has 0 aromatic heterocycles. The molecule has 2 saturated carbocycles. The number of rotatable bonds is 5. The fourth-order valence-corrected chi connectivity index (χ4v) is 3.48. The van der Waals surface area contributed by atoms with Crippen molar-refractivity contribution in [1.82, 2.24) is 4.90 Å². The average molecular weight is 240 g/mol. The molecule has 3 unspecified atom stereocenters. The van der Waals surface area contributed by atoms with Crippen LogP contribution in [0.4, 0.5) is 0 Å². The van der Waals surface area contributed by atoms with Crippen LogP contribution in [0, 0.1) is 11.8 Å². The van der Waals surface area contributed by atoms with E-state index in [0.29, 0.717) is 18.5 Å². The number of nitrogens with zero attached hydrogens (tertiary/aromatic N) is 1. The molecular formula is C14H28N2O. The summed E-state index contributed by atoms with van der Waals surface area (Å²) >= 11 is 0. The molecule has 0 radical (unpaired) electrons. The smallest absolute Gasteiger partial charge is 0.0923 e. The van der Waals surface area contributed by atoms with E-state index in [1.165, 1.54) is 25.7 Å². The summed E-state index contributed by atoms with van der Waals surface area (Å²) < 4.78 is 0. The van der Waals surface area contributed by atoms with Gasteiger partial charge in [0.2, 0.25) is 0 Å². The number of hydrogen-bond acceptors (Lipinski definition) is 3. The van der Waals surface area contributed by atoms with E-state index in [1.54, 1.807) is 0 Å². The summed E-state index contributed by atoms with van der Waals surface area (Å²) in [5, 5.41) is 10.6. The second-order valence-electron chi connectivity index (χ2n) is 6.33. The zero-order valence-electron chi connectivity index (χ0n) is 11.4. The van der Waals surface area contributed by atoms with Crippen molar-refractivity contribution in [3.8, 4) is 0 Å². The van der Waals surface area contributed by atoms with Crippen molar-refractivity contribution in [1.29, 1.82) is 0 Å². The Balaban J connectivity index is 1.92. The van der Waals surface area contributed by atoms with Crippen molar-refractivity contribution in [2.45, 2.75) is 57.1 Å². The third-order valence-electron chi connectivity index (χ3n) is 4.85. The van der Waals surface area contributed by atoms with Crippen LogP contribution in [-0.2, 0) is 0 Å². The van der Waals surface area contributed by atoms with Crippen LogP contribution in [0.2, 0.25) is 0 Å². The van der Waals surface area contributed by atoms with E-state index in [9.17, 15) is 5.11 Å². The highest BCUT2D eigenvalue weighted by molar-refractivity contribution is 4.98. The maximum atomic E-state index is 10.6. The lowest BCUT2D eigenvalue weighted by Crippen LogP contribution is -2.53. The first-order valence-electron chi connectivity index (χ1n) is 7.19. The third-order valence-corrected chi connectivity index (χ3v) is 4.85. The molecule has 0 spiro atoms. The van der Waals surface area contributed by atoms with Crippen LogP contribution < -0.4 is 5.73 Å². The molecule has 0 amide bonds. The van der Waals surface area contributed by atoms with Crippen LogP contribution in [0.1, 0.15) is 45.4 Å². The SMILES string of the molecule is CC1CCCCC1N(C)CC(O)(CN)C1CC1. The lowest BCUT2D eigenvalue weighted by atomic mass is 9.84. The van der Waals surface area contributed by atoms with Crippen LogP contribution in [0.3, 0.4) is 0 Å². The summed E-state index contributed by atoms with van der Waals surface area (Å²) in [7, 11) is 2.16. The molecule has 100 valence electrons. The van der Waals surface area contributed by atoms with Crippen LogP contribution in [0.25, 0.3) is 0 Å². The topological polar surface area (TPSA) is 49.5 Å². The first kappa shape index (κ1) is 13.3. The molecule has 17 heavy (non-hydrogen) atoms. The molecule has 2 aliphatic rings. The minimum atomic E-state index is -0.633. The fraction of sp³-hybridized carbons (Fsp3) is 1.00. The minimum absolute atomic E-state index is 0.406. The molecule has 3 N–H and O–H groups in total. The van der Waals surface area contributed by atoms with Crippen LogP contribution in [0.15, 0.2) is 0 Å². The Kier molecular flexibility index (Phi) is 4.11. The van der Waals surface area contributed by atoms with Gasteiger partial charge >= 0.3 is 0 Å². The van der Waals surface area contributed by atoms with E-state index in [4.69, 9.17) is 5.73 Å². The molecule has 2 fully saturated rings. The molecule has 2 aliphatic carbocycles. The van der Waals surface area contributed by atoms with Gasteiger partial charge in [0.05, 0.1) is 5.60 Å². The largest absolute Gasteiger partial charge is 0.387 e. The minimum Gasteiger partial charge on any atom is -0.387 e. The monoisotopic (exact) mass is 240 g/mol. The predicted molar refractivity (Wildman–Crippen MR) is 70.8 cm³/mol. The van der Waals surface area contributed by atoms with Gasteiger partial charge in [-0.3, -0.25) is 0 Å². The van der Waals surface area contributed by atoms with Gasteiger partial charge in [-0.05, 0) is 44.6 Å². The maximum absolute atomic E-state index is 10.6. The van der Waals surface area contributed by atoms with Gasteiger partial charge in [-0.1, -0.05) is 19.8 Å². The Labute approximate surface area is 105 Å². The van der Waals surface area contributed by atoms with Gasteiger partial charge in [-0.15, -0.1) is 0 Å². The highest BCUT2D eigenvalue weighted by Gasteiger charge is 2.44. The maximum Gasteiger partial charge on any atom is 0.0923 e. The molecule has 3 nitrogen and oxygen atoms in total. The number of likely N-dealkylation sites (N-methyl/N-ethyl adjacent to an activating group) is 1. The van der Waals surface area contributed by atoms with E-state index in [1.807, 2.05) is 0 Å². The molecular weight excluding hydrogens is 212 g/mol. The number of aliphatic hydroxyl groups is 1. The van der Waals surface area contributed by atoms with Crippen molar-refractivity contribution in [3.63, 3.8) is 0 Å². The number of hydrogen-bond donors (Lipinski definition) is 2. The van der Waals surface area contributed by atoms with E-state index in [-0.39, 0.29) is 0 Å². The summed E-state index contributed by atoms with van der Waals surface area (Å²) in [5.74, 6) is 1.21. The zero-order valence-corrected chi connectivity index (χ0v) is 11.4. The second-order valence-corrected chi connectivity index (χ2v) is 6.33. The summed E-state index contributed by atoms with van der Waals surface area (Å²) in [6.45, 7) is 3.51. The summed E-state index contributed by atoms with van der Waals surface area (Å²) in [5.41, 5.74) is 5.15. The summed E-state index contributed by atoms with van der Waals surface area (Å²) in [6, 6.07) is 0.639. The fourth-order valence-electron chi connectivity index (χ4n) is 3.48. The van der Waals surface area contributed by atoms with Crippen molar-refractivity contribution >= 4 is 0 Å². The van der Waals surface area contributed by atoms with Gasteiger partial charge in [0, 0.05) is 19.1 Å². The Morgan fingerprint density at radius 1 is 1.24 bits per heavy atom. The molecule has 0 saturated heterocycles. The van der Waals surface area contributed by atoms with E-state index in [2.05, 4.69) is 18.9 Å². The predicted octanol–water partition coefficient (Wildman–Crippen LogP) is 1.60. The Hall–Kier alpha value is -0.120.